The van der Waals surface area contributed by atoms with Crippen LogP contribution in [0.1, 0.15) is 5.56 Å². The Bertz CT molecular complexity index is 435. The van der Waals surface area contributed by atoms with Crippen LogP contribution < -0.4 is 16.0 Å². The molecule has 3 N–H and O–H groups in total. The highest BCUT2D eigenvalue weighted by atomic mass is 19.1. The molecule has 0 spiro atoms. The molecule has 0 heterocycles. The molecule has 1 aromatic carbocycles. The number of aryl methyl sites for hydroxylation is 1. The molecule has 0 aliphatic heterocycles. The van der Waals surface area contributed by atoms with Gasteiger partial charge in [0, 0.05) is 7.05 Å². The third kappa shape index (κ3) is 4.10. The fourth-order valence-electron chi connectivity index (χ4n) is 1.17. The monoisotopic (exact) mass is 239 g/mol. The van der Waals surface area contributed by atoms with E-state index in [1.165, 1.54) is 19.2 Å². The Morgan fingerprint density at radius 3 is 2.65 bits per heavy atom. The minimum Gasteiger partial charge on any atom is -0.374 e. The zero-order valence-electron chi connectivity index (χ0n) is 9.63. The lowest BCUT2D eigenvalue weighted by Crippen LogP contribution is -2.40. The molecular weight excluding hydrogens is 225 g/mol. The van der Waals surface area contributed by atoms with Crippen LogP contribution in [0.25, 0.3) is 0 Å². The highest BCUT2D eigenvalue weighted by Gasteiger charge is 2.07. The predicted octanol–water partition coefficient (Wildman–Crippen LogP) is 1.00. The first-order valence-electron chi connectivity index (χ1n) is 5.04. The van der Waals surface area contributed by atoms with E-state index in [4.69, 9.17) is 0 Å². The van der Waals surface area contributed by atoms with Crippen molar-refractivity contribution in [2.24, 2.45) is 0 Å². The molecule has 1 aromatic rings. The van der Waals surface area contributed by atoms with Crippen LogP contribution >= 0.6 is 0 Å². The van der Waals surface area contributed by atoms with Gasteiger partial charge in [-0.05, 0) is 24.6 Å². The van der Waals surface area contributed by atoms with Crippen LogP contribution in [0, 0.1) is 12.7 Å². The summed E-state index contributed by atoms with van der Waals surface area (Å²) in [6.07, 6.45) is 0. The van der Waals surface area contributed by atoms with E-state index in [9.17, 15) is 14.0 Å². The number of carbonyl (C=O) groups excluding carboxylic acids is 2. The number of anilines is 1. The third-order valence-corrected chi connectivity index (χ3v) is 2.04. The summed E-state index contributed by atoms with van der Waals surface area (Å²) in [4.78, 5) is 22.0. The van der Waals surface area contributed by atoms with Crippen LogP contribution in [-0.4, -0.2) is 25.5 Å². The number of nitrogens with one attached hydrogen (secondary N) is 3. The van der Waals surface area contributed by atoms with Gasteiger partial charge in [0.15, 0.2) is 0 Å². The van der Waals surface area contributed by atoms with Gasteiger partial charge in [0.25, 0.3) is 0 Å². The zero-order chi connectivity index (χ0) is 12.8. The van der Waals surface area contributed by atoms with Gasteiger partial charge in [-0.3, -0.25) is 10.1 Å². The average molecular weight is 239 g/mol. The number of hydrogen-bond donors (Lipinski definition) is 3. The number of rotatable bonds is 3. The maximum Gasteiger partial charge on any atom is 0.321 e. The lowest BCUT2D eigenvalue weighted by Gasteiger charge is -2.08. The number of urea groups is 1. The molecule has 3 amide bonds. The summed E-state index contributed by atoms with van der Waals surface area (Å²) in [7, 11) is 1.40. The Balaban J connectivity index is 2.50. The first kappa shape index (κ1) is 13.0. The lowest BCUT2D eigenvalue weighted by atomic mass is 10.2. The SMILES string of the molecule is CNC(=O)NC(=O)CNc1ccc(C)cc1F. The molecule has 0 unspecified atom stereocenters. The number of amides is 3. The maximum absolute atomic E-state index is 13.4. The van der Waals surface area contributed by atoms with Crippen LogP contribution in [0.4, 0.5) is 14.9 Å². The van der Waals surface area contributed by atoms with Gasteiger partial charge in [-0.15, -0.1) is 0 Å². The van der Waals surface area contributed by atoms with Gasteiger partial charge >= 0.3 is 6.03 Å². The first-order valence-corrected chi connectivity index (χ1v) is 5.04. The smallest absolute Gasteiger partial charge is 0.321 e. The summed E-state index contributed by atoms with van der Waals surface area (Å²) in [6.45, 7) is 1.60. The van der Waals surface area contributed by atoms with Crippen molar-refractivity contribution in [3.63, 3.8) is 0 Å². The number of imide groups is 1. The molecule has 0 bridgehead atoms. The summed E-state index contributed by atoms with van der Waals surface area (Å²) >= 11 is 0. The zero-order valence-corrected chi connectivity index (χ0v) is 9.63. The van der Waals surface area contributed by atoms with Crippen molar-refractivity contribution in [2.45, 2.75) is 6.92 Å². The summed E-state index contributed by atoms with van der Waals surface area (Å²) in [5, 5.41) is 6.90. The standard InChI is InChI=1S/C11H14FN3O2/c1-7-3-4-9(8(12)5-7)14-6-10(16)15-11(17)13-2/h3-5,14H,6H2,1-2H3,(H2,13,15,16,17). The second kappa shape index (κ2) is 5.83. The van der Waals surface area contributed by atoms with Crippen LogP contribution in [0.15, 0.2) is 18.2 Å². The summed E-state index contributed by atoms with van der Waals surface area (Å²) in [6, 6.07) is 4.03. The number of carbonyl (C=O) groups is 2. The molecule has 0 aliphatic rings. The normalized spacial score (nSPS) is 9.59. The summed E-state index contributed by atoms with van der Waals surface area (Å²) in [5.41, 5.74) is 1.02. The minimum absolute atomic E-state index is 0.173. The van der Waals surface area contributed by atoms with E-state index in [1.54, 1.807) is 13.0 Å². The molecule has 6 heteroatoms. The average Bonchev–Trinajstić information content (AvgIpc) is 2.27. The van der Waals surface area contributed by atoms with Gasteiger partial charge in [0.1, 0.15) is 5.82 Å². The van der Waals surface area contributed by atoms with Crippen molar-refractivity contribution in [1.29, 1.82) is 0 Å². The van der Waals surface area contributed by atoms with Gasteiger partial charge in [0.05, 0.1) is 12.2 Å². The van der Waals surface area contributed by atoms with Crippen molar-refractivity contribution >= 4 is 17.6 Å². The van der Waals surface area contributed by atoms with Gasteiger partial charge in [0.2, 0.25) is 5.91 Å². The Hall–Kier alpha value is -2.11. The fraction of sp³-hybridized carbons (Fsp3) is 0.273. The second-order valence-electron chi connectivity index (χ2n) is 3.46. The summed E-state index contributed by atoms with van der Waals surface area (Å²) < 4.78 is 13.4. The van der Waals surface area contributed by atoms with Crippen molar-refractivity contribution in [3.05, 3.63) is 29.6 Å². The molecule has 1 rings (SSSR count). The van der Waals surface area contributed by atoms with Crippen molar-refractivity contribution < 1.29 is 14.0 Å². The number of halogens is 1. The molecule has 0 saturated heterocycles. The molecule has 0 radical (unpaired) electrons. The van der Waals surface area contributed by atoms with Crippen LogP contribution in [0.3, 0.4) is 0 Å². The van der Waals surface area contributed by atoms with E-state index in [0.717, 1.165) is 5.56 Å². The Labute approximate surface area is 98.4 Å². The van der Waals surface area contributed by atoms with E-state index in [0.29, 0.717) is 0 Å². The molecule has 0 aliphatic carbocycles. The molecule has 0 atom stereocenters. The van der Waals surface area contributed by atoms with Gasteiger partial charge < -0.3 is 10.6 Å². The van der Waals surface area contributed by atoms with E-state index >= 15 is 0 Å². The third-order valence-electron chi connectivity index (χ3n) is 2.04. The van der Waals surface area contributed by atoms with E-state index in [1.807, 2.05) is 0 Å². The molecular formula is C11H14FN3O2. The molecule has 0 saturated carbocycles. The van der Waals surface area contributed by atoms with Crippen LogP contribution in [0.5, 0.6) is 0 Å². The van der Waals surface area contributed by atoms with Crippen molar-refractivity contribution in [1.82, 2.24) is 10.6 Å². The molecule has 5 nitrogen and oxygen atoms in total. The second-order valence-corrected chi connectivity index (χ2v) is 3.46. The van der Waals surface area contributed by atoms with E-state index < -0.39 is 17.8 Å². The molecule has 0 fully saturated rings. The Morgan fingerprint density at radius 1 is 1.35 bits per heavy atom. The Kier molecular flexibility index (Phi) is 4.45. The van der Waals surface area contributed by atoms with Crippen molar-refractivity contribution in [2.75, 3.05) is 18.9 Å². The molecule has 92 valence electrons. The quantitative estimate of drug-likeness (QED) is 0.737. The largest absolute Gasteiger partial charge is 0.374 e. The number of hydrogen-bond acceptors (Lipinski definition) is 3. The van der Waals surface area contributed by atoms with Crippen molar-refractivity contribution in [3.8, 4) is 0 Å². The summed E-state index contributed by atoms with van der Waals surface area (Å²) in [5.74, 6) is -0.970. The van der Waals surface area contributed by atoms with Gasteiger partial charge in [-0.2, -0.15) is 0 Å². The molecule has 17 heavy (non-hydrogen) atoms. The predicted molar refractivity (Wildman–Crippen MR) is 62.2 cm³/mol. The molecule has 0 aromatic heterocycles. The van der Waals surface area contributed by atoms with E-state index in [2.05, 4.69) is 16.0 Å². The van der Waals surface area contributed by atoms with Gasteiger partial charge in [-0.1, -0.05) is 6.07 Å². The minimum atomic E-state index is -0.596. The maximum atomic E-state index is 13.4. The van der Waals surface area contributed by atoms with Crippen LogP contribution in [0.2, 0.25) is 0 Å². The topological polar surface area (TPSA) is 70.2 Å². The van der Waals surface area contributed by atoms with Gasteiger partial charge in [-0.25, -0.2) is 9.18 Å². The lowest BCUT2D eigenvalue weighted by molar-refractivity contribution is -0.118. The number of benzene rings is 1. The first-order chi connectivity index (χ1) is 8.02. The highest BCUT2D eigenvalue weighted by Crippen LogP contribution is 2.14. The fourth-order valence-corrected chi connectivity index (χ4v) is 1.17. The Morgan fingerprint density at radius 2 is 2.06 bits per heavy atom. The highest BCUT2D eigenvalue weighted by molar-refractivity contribution is 5.96. The van der Waals surface area contributed by atoms with Crippen LogP contribution in [-0.2, 0) is 4.79 Å². The van der Waals surface area contributed by atoms with E-state index in [-0.39, 0.29) is 12.2 Å².